The summed E-state index contributed by atoms with van der Waals surface area (Å²) in [4.78, 5) is 29.0. The summed E-state index contributed by atoms with van der Waals surface area (Å²) in [7, 11) is 4.03. The molecule has 4 N–H and O–H groups in total. The molecule has 0 unspecified atom stereocenters. The lowest BCUT2D eigenvalue weighted by Gasteiger charge is -2.12. The zero-order valence-electron chi connectivity index (χ0n) is 13.9. The van der Waals surface area contributed by atoms with Gasteiger partial charge < -0.3 is 20.5 Å². The maximum atomic E-state index is 12.4. The first-order valence-corrected chi connectivity index (χ1v) is 7.85. The fraction of sp³-hybridized carbons (Fsp3) is 0.222. The zero-order valence-corrected chi connectivity index (χ0v) is 13.9. The molecule has 1 aromatic carbocycles. The Hall–Kier alpha value is -2.86. The van der Waals surface area contributed by atoms with Crippen LogP contribution in [0, 0.1) is 0 Å². The summed E-state index contributed by atoms with van der Waals surface area (Å²) in [6.45, 7) is 1.33. The molecule has 0 radical (unpaired) electrons. The highest BCUT2D eigenvalue weighted by Gasteiger charge is 2.14. The molecule has 24 heavy (non-hydrogen) atoms. The molecule has 0 aliphatic carbocycles. The van der Waals surface area contributed by atoms with Gasteiger partial charge in [-0.3, -0.25) is 9.59 Å². The fourth-order valence-corrected chi connectivity index (χ4v) is 2.05. The Morgan fingerprint density at radius 2 is 1.88 bits per heavy atom. The number of quaternary nitrogens is 1. The van der Waals surface area contributed by atoms with Crippen LogP contribution in [0.15, 0.2) is 54.4 Å². The lowest BCUT2D eigenvalue weighted by Crippen LogP contribution is -3.06. The molecule has 1 heterocycles. The number of hydrogen-bond donors (Lipinski definition) is 4. The van der Waals surface area contributed by atoms with Gasteiger partial charge in [0.25, 0.3) is 11.8 Å². The first kappa shape index (κ1) is 17.5. The molecule has 2 rings (SSSR count). The Kier molecular flexibility index (Phi) is 6.33. The number of aromatic nitrogens is 1. The molecule has 0 spiro atoms. The average Bonchev–Trinajstić information content (AvgIpc) is 3.07. The van der Waals surface area contributed by atoms with Gasteiger partial charge in [0.05, 0.1) is 27.2 Å². The maximum Gasteiger partial charge on any atom is 0.268 e. The van der Waals surface area contributed by atoms with Crippen molar-refractivity contribution in [3.8, 4) is 0 Å². The molecule has 2 aromatic rings. The predicted molar refractivity (Wildman–Crippen MR) is 93.4 cm³/mol. The largest absolute Gasteiger partial charge is 0.362 e. The number of nitrogens with one attached hydrogen (secondary N) is 4. The van der Waals surface area contributed by atoms with Gasteiger partial charge in [0.2, 0.25) is 0 Å². The lowest BCUT2D eigenvalue weighted by atomic mass is 10.2. The van der Waals surface area contributed by atoms with Crippen LogP contribution in [0.4, 0.5) is 0 Å². The summed E-state index contributed by atoms with van der Waals surface area (Å²) in [5, 5.41) is 5.52. The highest BCUT2D eigenvalue weighted by Crippen LogP contribution is 2.05. The van der Waals surface area contributed by atoms with Gasteiger partial charge in [-0.2, -0.15) is 0 Å². The van der Waals surface area contributed by atoms with Crippen molar-refractivity contribution in [3.63, 3.8) is 0 Å². The molecule has 0 bridgehead atoms. The van der Waals surface area contributed by atoms with E-state index in [1.165, 1.54) is 4.90 Å². The van der Waals surface area contributed by atoms with E-state index in [-0.39, 0.29) is 17.5 Å². The normalized spacial score (nSPS) is 11.4. The second-order valence-electron chi connectivity index (χ2n) is 5.72. The summed E-state index contributed by atoms with van der Waals surface area (Å²) in [5.41, 5.74) is 1.45. The van der Waals surface area contributed by atoms with E-state index >= 15 is 0 Å². The Morgan fingerprint density at radius 1 is 1.12 bits per heavy atom. The first-order valence-electron chi connectivity index (χ1n) is 7.85. The molecular formula is C18H23N4O2+. The van der Waals surface area contributed by atoms with Crippen LogP contribution >= 0.6 is 0 Å². The van der Waals surface area contributed by atoms with Crippen molar-refractivity contribution in [1.29, 1.82) is 0 Å². The van der Waals surface area contributed by atoms with Crippen LogP contribution in [-0.4, -0.2) is 44.0 Å². The third-order valence-electron chi connectivity index (χ3n) is 3.36. The van der Waals surface area contributed by atoms with E-state index in [1.54, 1.807) is 36.5 Å². The quantitative estimate of drug-likeness (QED) is 0.542. The minimum absolute atomic E-state index is 0.208. The number of rotatable bonds is 7. The van der Waals surface area contributed by atoms with E-state index in [0.717, 1.165) is 12.2 Å². The molecule has 0 aliphatic heterocycles. The Labute approximate surface area is 141 Å². The topological polar surface area (TPSA) is 78.4 Å². The van der Waals surface area contributed by atoms with E-state index in [0.29, 0.717) is 12.1 Å². The standard InChI is InChI=1S/C18H22N4O2/c1-22(2)12-11-20-18(24)16(13-15-9-6-10-19-15)21-17(23)14-7-4-3-5-8-14/h3-10,13,19H,11-12H2,1-2H3,(H,20,24)(H,21,23)/p+1/b16-13-. The minimum atomic E-state index is -0.318. The fourth-order valence-electron chi connectivity index (χ4n) is 2.05. The molecule has 126 valence electrons. The van der Waals surface area contributed by atoms with Gasteiger partial charge in [0, 0.05) is 17.5 Å². The van der Waals surface area contributed by atoms with Crippen LogP contribution < -0.4 is 15.5 Å². The summed E-state index contributed by atoms with van der Waals surface area (Å²) in [6.07, 6.45) is 3.38. The van der Waals surface area contributed by atoms with Crippen LogP contribution in [0.1, 0.15) is 16.1 Å². The van der Waals surface area contributed by atoms with Crippen molar-refractivity contribution in [1.82, 2.24) is 15.6 Å². The highest BCUT2D eigenvalue weighted by atomic mass is 16.2. The van der Waals surface area contributed by atoms with Crippen LogP contribution in [0.2, 0.25) is 0 Å². The number of carbonyl (C=O) groups excluding carboxylic acids is 2. The van der Waals surface area contributed by atoms with Gasteiger partial charge >= 0.3 is 0 Å². The molecule has 0 atom stereocenters. The molecule has 6 heteroatoms. The summed E-state index contributed by atoms with van der Waals surface area (Å²) >= 11 is 0. The smallest absolute Gasteiger partial charge is 0.268 e. The van der Waals surface area contributed by atoms with E-state index in [4.69, 9.17) is 0 Å². The zero-order chi connectivity index (χ0) is 17.4. The van der Waals surface area contributed by atoms with Crippen molar-refractivity contribution < 1.29 is 14.5 Å². The number of carbonyl (C=O) groups is 2. The van der Waals surface area contributed by atoms with Crippen LogP contribution in [0.25, 0.3) is 6.08 Å². The monoisotopic (exact) mass is 327 g/mol. The SMILES string of the molecule is C[NH+](C)CCNC(=O)/C(=C/c1ccc[nH]1)NC(=O)c1ccccc1. The van der Waals surface area contributed by atoms with Gasteiger partial charge in [-0.1, -0.05) is 18.2 Å². The number of likely N-dealkylation sites (N-methyl/N-ethyl adjacent to an activating group) is 1. The minimum Gasteiger partial charge on any atom is -0.362 e. The van der Waals surface area contributed by atoms with E-state index < -0.39 is 0 Å². The summed E-state index contributed by atoms with van der Waals surface area (Å²) in [5.74, 6) is -0.628. The summed E-state index contributed by atoms with van der Waals surface area (Å²) in [6, 6.07) is 12.5. The third kappa shape index (κ3) is 5.40. The van der Waals surface area contributed by atoms with Crippen molar-refractivity contribution in [2.45, 2.75) is 0 Å². The molecule has 0 saturated carbocycles. The van der Waals surface area contributed by atoms with Gasteiger partial charge in [-0.25, -0.2) is 0 Å². The third-order valence-corrected chi connectivity index (χ3v) is 3.36. The van der Waals surface area contributed by atoms with Crippen LogP contribution in [-0.2, 0) is 4.79 Å². The molecule has 0 aliphatic rings. The molecule has 0 saturated heterocycles. The van der Waals surface area contributed by atoms with E-state index in [9.17, 15) is 9.59 Å². The van der Waals surface area contributed by atoms with Gasteiger partial charge in [0.1, 0.15) is 5.70 Å². The lowest BCUT2D eigenvalue weighted by molar-refractivity contribution is -0.856. The predicted octanol–water partition coefficient (Wildman–Crippen LogP) is 0.0463. The number of aromatic amines is 1. The molecule has 0 fully saturated rings. The Bertz CT molecular complexity index is 691. The maximum absolute atomic E-state index is 12.4. The number of hydrogen-bond acceptors (Lipinski definition) is 2. The molecular weight excluding hydrogens is 304 g/mol. The first-order chi connectivity index (χ1) is 11.6. The van der Waals surface area contributed by atoms with Crippen molar-refractivity contribution in [2.24, 2.45) is 0 Å². The molecule has 1 aromatic heterocycles. The number of benzene rings is 1. The van der Waals surface area contributed by atoms with Crippen LogP contribution in [0.5, 0.6) is 0 Å². The molecule has 2 amide bonds. The second kappa shape index (κ2) is 8.69. The van der Waals surface area contributed by atoms with E-state index in [2.05, 4.69) is 15.6 Å². The molecule has 6 nitrogen and oxygen atoms in total. The second-order valence-corrected chi connectivity index (χ2v) is 5.72. The highest BCUT2D eigenvalue weighted by molar-refractivity contribution is 6.05. The summed E-state index contributed by atoms with van der Waals surface area (Å²) < 4.78 is 0. The van der Waals surface area contributed by atoms with Crippen molar-refractivity contribution >= 4 is 17.9 Å². The Morgan fingerprint density at radius 3 is 2.50 bits per heavy atom. The van der Waals surface area contributed by atoms with Gasteiger partial charge in [-0.05, 0) is 30.3 Å². The van der Waals surface area contributed by atoms with Crippen molar-refractivity contribution in [2.75, 3.05) is 27.2 Å². The van der Waals surface area contributed by atoms with Gasteiger partial charge in [0.15, 0.2) is 0 Å². The van der Waals surface area contributed by atoms with Crippen molar-refractivity contribution in [3.05, 3.63) is 65.6 Å². The average molecular weight is 327 g/mol. The van der Waals surface area contributed by atoms with Gasteiger partial charge in [-0.15, -0.1) is 0 Å². The van der Waals surface area contributed by atoms with Crippen LogP contribution in [0.3, 0.4) is 0 Å². The Balaban J connectivity index is 2.11. The number of H-pyrrole nitrogens is 1. The van der Waals surface area contributed by atoms with E-state index in [1.807, 2.05) is 32.3 Å². The number of amides is 2.